The predicted octanol–water partition coefficient (Wildman–Crippen LogP) is 5.22. The summed E-state index contributed by atoms with van der Waals surface area (Å²) in [6.45, 7) is 10.3. The lowest BCUT2D eigenvalue weighted by Crippen LogP contribution is -2.54. The summed E-state index contributed by atoms with van der Waals surface area (Å²) in [6, 6.07) is 18.2. The van der Waals surface area contributed by atoms with E-state index in [-0.39, 0.29) is 17.3 Å². The van der Waals surface area contributed by atoms with E-state index in [0.717, 1.165) is 15.4 Å². The van der Waals surface area contributed by atoms with Crippen LogP contribution in [0.15, 0.2) is 77.7 Å². The van der Waals surface area contributed by atoms with Crippen molar-refractivity contribution in [3.63, 3.8) is 0 Å². The Hall–Kier alpha value is -3.72. The number of rotatable bonds is 10. The molecule has 214 valence electrons. The number of aryl methyl sites for hydroxylation is 2. The van der Waals surface area contributed by atoms with Crippen molar-refractivity contribution in [2.75, 3.05) is 10.8 Å². The monoisotopic (exact) mass is 567 g/mol. The molecule has 0 aromatic heterocycles. The lowest BCUT2D eigenvalue weighted by atomic mass is 10.1. The summed E-state index contributed by atoms with van der Waals surface area (Å²) in [6.07, 6.45) is 0.550. The van der Waals surface area contributed by atoms with Crippen LogP contribution in [0.1, 0.15) is 51.3 Å². The maximum absolute atomic E-state index is 14.0. The van der Waals surface area contributed by atoms with Crippen LogP contribution in [0.3, 0.4) is 0 Å². The second kappa shape index (κ2) is 12.6. The molecule has 0 bridgehead atoms. The van der Waals surface area contributed by atoms with Gasteiger partial charge in [0.15, 0.2) is 0 Å². The van der Waals surface area contributed by atoms with Gasteiger partial charge in [0.05, 0.1) is 10.6 Å². The fourth-order valence-corrected chi connectivity index (χ4v) is 5.70. The van der Waals surface area contributed by atoms with Crippen molar-refractivity contribution in [2.45, 2.75) is 71.0 Å². The first-order valence-electron chi connectivity index (χ1n) is 13.3. The Bertz CT molecular complexity index is 1430. The zero-order valence-corrected chi connectivity index (χ0v) is 24.8. The maximum Gasteiger partial charge on any atom is 0.264 e. The van der Waals surface area contributed by atoms with E-state index in [1.807, 2.05) is 46.8 Å². The fraction of sp³-hybridized carbons (Fsp3) is 0.355. The number of benzene rings is 3. The molecular weight excluding hydrogens is 529 g/mol. The standard InChI is InChI=1S/C31H38FN3O4S/c1-7-25-10-8-9-11-28(25)35(40(38,39)27-18-12-22(2)13-19-27)21-29(36)34(20-24-14-16-26(32)17-15-24)23(3)30(37)33-31(4,5)6/h8-19,23H,7,20-21H2,1-6H3,(H,33,37)/t23-/m0/s1. The lowest BCUT2D eigenvalue weighted by Gasteiger charge is -2.34. The Morgan fingerprint density at radius 3 is 2.12 bits per heavy atom. The highest BCUT2D eigenvalue weighted by Crippen LogP contribution is 2.28. The highest BCUT2D eigenvalue weighted by Gasteiger charge is 2.34. The largest absolute Gasteiger partial charge is 0.350 e. The normalized spacial score (nSPS) is 12.5. The first-order chi connectivity index (χ1) is 18.7. The summed E-state index contributed by atoms with van der Waals surface area (Å²) in [5.74, 6) is -1.38. The van der Waals surface area contributed by atoms with Gasteiger partial charge >= 0.3 is 0 Å². The number of carbonyl (C=O) groups excluding carboxylic acids is 2. The molecule has 9 heteroatoms. The Morgan fingerprint density at radius 1 is 0.950 bits per heavy atom. The molecule has 3 aromatic carbocycles. The van der Waals surface area contributed by atoms with Crippen molar-refractivity contribution >= 4 is 27.5 Å². The Labute approximate surface area is 237 Å². The third-order valence-corrected chi connectivity index (χ3v) is 8.23. The zero-order valence-electron chi connectivity index (χ0n) is 23.9. The van der Waals surface area contributed by atoms with E-state index in [2.05, 4.69) is 5.32 Å². The van der Waals surface area contributed by atoms with Crippen LogP contribution in [0.2, 0.25) is 0 Å². The van der Waals surface area contributed by atoms with Crippen LogP contribution >= 0.6 is 0 Å². The molecule has 0 saturated heterocycles. The number of amides is 2. The van der Waals surface area contributed by atoms with Gasteiger partial charge in [-0.1, -0.05) is 55.0 Å². The minimum atomic E-state index is -4.15. The highest BCUT2D eigenvalue weighted by molar-refractivity contribution is 7.92. The summed E-state index contributed by atoms with van der Waals surface area (Å²) in [5.41, 5.74) is 2.12. The second-order valence-corrected chi connectivity index (χ2v) is 12.7. The van der Waals surface area contributed by atoms with Gasteiger partial charge in [0.2, 0.25) is 11.8 Å². The van der Waals surface area contributed by atoms with Crippen LogP contribution < -0.4 is 9.62 Å². The van der Waals surface area contributed by atoms with Crippen LogP contribution in [0.25, 0.3) is 0 Å². The van der Waals surface area contributed by atoms with Gasteiger partial charge in [-0.05, 0) is 82.5 Å². The molecule has 0 aliphatic carbocycles. The van der Waals surface area contributed by atoms with Crippen molar-refractivity contribution in [3.05, 3.63) is 95.3 Å². The number of hydrogen-bond donors (Lipinski definition) is 1. The number of carbonyl (C=O) groups is 2. The number of nitrogens with zero attached hydrogens (tertiary/aromatic N) is 2. The third-order valence-electron chi connectivity index (χ3n) is 6.46. The van der Waals surface area contributed by atoms with E-state index in [4.69, 9.17) is 0 Å². The predicted molar refractivity (Wildman–Crippen MR) is 156 cm³/mol. The van der Waals surface area contributed by atoms with Gasteiger partial charge in [-0.25, -0.2) is 12.8 Å². The molecule has 0 fully saturated rings. The number of halogens is 1. The third kappa shape index (κ3) is 7.69. The van der Waals surface area contributed by atoms with Crippen molar-refractivity contribution < 1.29 is 22.4 Å². The summed E-state index contributed by atoms with van der Waals surface area (Å²) >= 11 is 0. The molecule has 0 radical (unpaired) electrons. The van der Waals surface area contributed by atoms with E-state index in [1.165, 1.54) is 41.3 Å². The molecule has 0 aliphatic rings. The molecule has 0 aliphatic heterocycles. The number of nitrogens with one attached hydrogen (secondary N) is 1. The minimum Gasteiger partial charge on any atom is -0.350 e. The first kappa shape index (κ1) is 30.8. The average Bonchev–Trinajstić information content (AvgIpc) is 2.90. The Kier molecular flexibility index (Phi) is 9.73. The molecular formula is C31H38FN3O4S. The van der Waals surface area contributed by atoms with E-state index >= 15 is 0 Å². The molecule has 3 aromatic rings. The topological polar surface area (TPSA) is 86.8 Å². The molecule has 1 N–H and O–H groups in total. The second-order valence-electron chi connectivity index (χ2n) is 10.9. The van der Waals surface area contributed by atoms with Gasteiger partial charge in [0.25, 0.3) is 10.0 Å². The quantitative estimate of drug-likeness (QED) is 0.364. The molecule has 2 amide bonds. The summed E-state index contributed by atoms with van der Waals surface area (Å²) in [4.78, 5) is 28.6. The van der Waals surface area contributed by atoms with Crippen LogP contribution in [0, 0.1) is 12.7 Å². The molecule has 0 spiro atoms. The average molecular weight is 568 g/mol. The molecule has 0 heterocycles. The van der Waals surface area contributed by atoms with Crippen molar-refractivity contribution in [1.82, 2.24) is 10.2 Å². The Morgan fingerprint density at radius 2 is 1.55 bits per heavy atom. The van der Waals surface area contributed by atoms with E-state index in [9.17, 15) is 22.4 Å². The summed E-state index contributed by atoms with van der Waals surface area (Å²) < 4.78 is 42.7. The van der Waals surface area contributed by atoms with E-state index in [1.54, 1.807) is 31.2 Å². The van der Waals surface area contributed by atoms with Crippen molar-refractivity contribution in [2.24, 2.45) is 0 Å². The smallest absolute Gasteiger partial charge is 0.264 e. The molecule has 0 unspecified atom stereocenters. The number of anilines is 1. The molecule has 0 saturated carbocycles. The Balaban J connectivity index is 2.07. The number of para-hydroxylation sites is 1. The molecule has 3 rings (SSSR count). The number of sulfonamides is 1. The SMILES string of the molecule is CCc1ccccc1N(CC(=O)N(Cc1ccc(F)cc1)[C@@H](C)C(=O)NC(C)(C)C)S(=O)(=O)c1ccc(C)cc1. The van der Waals surface area contributed by atoms with Gasteiger partial charge in [0, 0.05) is 12.1 Å². The van der Waals surface area contributed by atoms with Crippen LogP contribution in [-0.4, -0.2) is 43.3 Å². The van der Waals surface area contributed by atoms with Crippen LogP contribution in [-0.2, 0) is 32.6 Å². The van der Waals surface area contributed by atoms with Gasteiger partial charge < -0.3 is 10.2 Å². The van der Waals surface area contributed by atoms with Gasteiger partial charge in [-0.2, -0.15) is 0 Å². The van der Waals surface area contributed by atoms with E-state index < -0.39 is 39.9 Å². The van der Waals surface area contributed by atoms with E-state index in [0.29, 0.717) is 17.7 Å². The van der Waals surface area contributed by atoms with Gasteiger partial charge in [0.1, 0.15) is 18.4 Å². The first-order valence-corrected chi connectivity index (χ1v) is 14.7. The lowest BCUT2D eigenvalue weighted by molar-refractivity contribution is -0.140. The minimum absolute atomic E-state index is 0.00825. The highest BCUT2D eigenvalue weighted by atomic mass is 32.2. The molecule has 1 atom stereocenters. The van der Waals surface area contributed by atoms with Gasteiger partial charge in [-0.3, -0.25) is 13.9 Å². The zero-order chi connectivity index (χ0) is 29.7. The van der Waals surface area contributed by atoms with Crippen LogP contribution in [0.4, 0.5) is 10.1 Å². The van der Waals surface area contributed by atoms with Gasteiger partial charge in [-0.15, -0.1) is 0 Å². The maximum atomic E-state index is 14.0. The van der Waals surface area contributed by atoms with Crippen molar-refractivity contribution in [3.8, 4) is 0 Å². The van der Waals surface area contributed by atoms with Crippen LogP contribution in [0.5, 0.6) is 0 Å². The van der Waals surface area contributed by atoms with Crippen molar-refractivity contribution in [1.29, 1.82) is 0 Å². The summed E-state index contributed by atoms with van der Waals surface area (Å²) in [5, 5.41) is 2.89. The number of hydrogen-bond acceptors (Lipinski definition) is 4. The molecule has 7 nitrogen and oxygen atoms in total. The summed E-state index contributed by atoms with van der Waals surface area (Å²) in [7, 11) is -4.15. The fourth-order valence-electron chi connectivity index (χ4n) is 4.25. The molecule has 40 heavy (non-hydrogen) atoms.